The Morgan fingerprint density at radius 3 is 2.76 bits per heavy atom. The first-order valence-electron chi connectivity index (χ1n) is 9.10. The number of aryl methyl sites for hydroxylation is 1. The topological polar surface area (TPSA) is 59.3 Å². The molecule has 0 aliphatic heterocycles. The van der Waals surface area contributed by atoms with Crippen molar-refractivity contribution in [3.8, 4) is 11.3 Å². The molecule has 4 rings (SSSR count). The van der Waals surface area contributed by atoms with Crippen molar-refractivity contribution < 1.29 is 4.79 Å². The normalized spacial score (nSPS) is 11.0. The van der Waals surface area contributed by atoms with Crippen LogP contribution >= 0.6 is 23.4 Å². The number of benzene rings is 2. The third kappa shape index (κ3) is 4.28. The van der Waals surface area contributed by atoms with Gasteiger partial charge in [-0.15, -0.1) is 0 Å². The summed E-state index contributed by atoms with van der Waals surface area (Å²) in [6, 6.07) is 15.4. The molecule has 0 unspecified atom stereocenters. The standard InChI is InChI=1S/C22H19ClN4OS/c1-14-4-3-5-18(15(14)2)25-21(28)13-29-22-20-12-19(26-27(20)11-10-24-22)16-6-8-17(23)9-7-16/h3-12H,13H2,1-2H3,(H,25,28). The molecule has 2 heterocycles. The molecule has 0 saturated carbocycles. The van der Waals surface area contributed by atoms with Gasteiger partial charge in [0.15, 0.2) is 0 Å². The van der Waals surface area contributed by atoms with Crippen LogP contribution in [0.5, 0.6) is 0 Å². The smallest absolute Gasteiger partial charge is 0.234 e. The molecule has 1 amide bonds. The third-order valence-electron chi connectivity index (χ3n) is 4.71. The Bertz CT molecular complexity index is 1190. The highest BCUT2D eigenvalue weighted by Gasteiger charge is 2.12. The number of fused-ring (bicyclic) bond motifs is 1. The zero-order chi connectivity index (χ0) is 20.4. The molecule has 0 bridgehead atoms. The van der Waals surface area contributed by atoms with E-state index in [0.717, 1.165) is 38.6 Å². The average Bonchev–Trinajstić information content (AvgIpc) is 3.15. The van der Waals surface area contributed by atoms with Gasteiger partial charge < -0.3 is 5.32 Å². The van der Waals surface area contributed by atoms with Crippen LogP contribution in [0.1, 0.15) is 11.1 Å². The molecule has 146 valence electrons. The molecule has 2 aromatic carbocycles. The summed E-state index contributed by atoms with van der Waals surface area (Å²) in [5, 5.41) is 9.04. The Morgan fingerprint density at radius 2 is 1.97 bits per heavy atom. The summed E-state index contributed by atoms with van der Waals surface area (Å²) in [5.41, 5.74) is 5.74. The van der Waals surface area contributed by atoms with Gasteiger partial charge in [0, 0.05) is 28.7 Å². The zero-order valence-corrected chi connectivity index (χ0v) is 17.6. The summed E-state index contributed by atoms with van der Waals surface area (Å²) in [6.45, 7) is 4.03. The van der Waals surface area contributed by atoms with E-state index in [1.54, 1.807) is 16.9 Å². The molecular weight excluding hydrogens is 404 g/mol. The van der Waals surface area contributed by atoms with E-state index >= 15 is 0 Å². The fourth-order valence-electron chi connectivity index (χ4n) is 2.98. The van der Waals surface area contributed by atoms with Gasteiger partial charge in [-0.3, -0.25) is 4.79 Å². The minimum atomic E-state index is -0.0649. The van der Waals surface area contributed by atoms with E-state index in [-0.39, 0.29) is 11.7 Å². The molecule has 0 spiro atoms. The highest BCUT2D eigenvalue weighted by Crippen LogP contribution is 2.27. The number of hydrogen-bond donors (Lipinski definition) is 1. The van der Waals surface area contributed by atoms with Gasteiger partial charge in [0.05, 0.1) is 17.0 Å². The highest BCUT2D eigenvalue weighted by molar-refractivity contribution is 8.00. The third-order valence-corrected chi connectivity index (χ3v) is 5.96. The first-order valence-corrected chi connectivity index (χ1v) is 10.5. The Morgan fingerprint density at radius 1 is 1.17 bits per heavy atom. The summed E-state index contributed by atoms with van der Waals surface area (Å²) >= 11 is 7.37. The van der Waals surface area contributed by atoms with E-state index < -0.39 is 0 Å². The largest absolute Gasteiger partial charge is 0.325 e. The van der Waals surface area contributed by atoms with Crippen molar-refractivity contribution in [3.63, 3.8) is 0 Å². The zero-order valence-electron chi connectivity index (χ0n) is 16.0. The molecule has 1 N–H and O–H groups in total. The maximum Gasteiger partial charge on any atom is 0.234 e. The van der Waals surface area contributed by atoms with Gasteiger partial charge in [0.25, 0.3) is 0 Å². The predicted octanol–water partition coefficient (Wildman–Crippen LogP) is 5.40. The number of thioether (sulfide) groups is 1. The lowest BCUT2D eigenvalue weighted by Gasteiger charge is -2.10. The van der Waals surface area contributed by atoms with Gasteiger partial charge >= 0.3 is 0 Å². The Labute approximate surface area is 178 Å². The van der Waals surface area contributed by atoms with Crippen LogP contribution in [-0.2, 0) is 4.79 Å². The number of carbonyl (C=O) groups is 1. The monoisotopic (exact) mass is 422 g/mol. The summed E-state index contributed by atoms with van der Waals surface area (Å²) in [7, 11) is 0. The van der Waals surface area contributed by atoms with Crippen LogP contribution < -0.4 is 5.32 Å². The van der Waals surface area contributed by atoms with E-state index in [2.05, 4.69) is 15.4 Å². The highest BCUT2D eigenvalue weighted by atomic mass is 35.5. The van der Waals surface area contributed by atoms with Crippen molar-refractivity contribution in [2.75, 3.05) is 11.1 Å². The second-order valence-corrected chi connectivity index (χ2v) is 8.08. The minimum absolute atomic E-state index is 0.0649. The second-order valence-electron chi connectivity index (χ2n) is 6.68. The number of rotatable bonds is 5. The lowest BCUT2D eigenvalue weighted by atomic mass is 10.1. The Kier molecular flexibility index (Phi) is 5.56. The molecule has 0 saturated heterocycles. The molecule has 0 atom stereocenters. The van der Waals surface area contributed by atoms with Crippen LogP contribution in [0, 0.1) is 13.8 Å². The van der Waals surface area contributed by atoms with Crippen molar-refractivity contribution in [2.24, 2.45) is 0 Å². The fraction of sp³-hybridized carbons (Fsp3) is 0.136. The molecule has 4 aromatic rings. The van der Waals surface area contributed by atoms with Crippen LogP contribution in [0.2, 0.25) is 5.02 Å². The van der Waals surface area contributed by atoms with E-state index in [1.807, 2.05) is 62.4 Å². The van der Waals surface area contributed by atoms with Gasteiger partial charge in [0.1, 0.15) is 5.03 Å². The van der Waals surface area contributed by atoms with Crippen LogP contribution in [0.4, 0.5) is 5.69 Å². The van der Waals surface area contributed by atoms with Gasteiger partial charge in [-0.2, -0.15) is 5.10 Å². The molecule has 0 aliphatic rings. The quantitative estimate of drug-likeness (QED) is 0.437. The summed E-state index contributed by atoms with van der Waals surface area (Å²) < 4.78 is 1.78. The molecule has 5 nitrogen and oxygen atoms in total. The van der Waals surface area contributed by atoms with Crippen LogP contribution in [0.3, 0.4) is 0 Å². The van der Waals surface area contributed by atoms with Gasteiger partial charge in [-0.25, -0.2) is 9.50 Å². The first-order chi connectivity index (χ1) is 14.0. The molecule has 0 fully saturated rings. The van der Waals surface area contributed by atoms with E-state index in [0.29, 0.717) is 5.02 Å². The van der Waals surface area contributed by atoms with Crippen molar-refractivity contribution >= 4 is 40.5 Å². The summed E-state index contributed by atoms with van der Waals surface area (Å²) in [6.07, 6.45) is 3.49. The van der Waals surface area contributed by atoms with E-state index in [9.17, 15) is 4.79 Å². The number of nitrogens with one attached hydrogen (secondary N) is 1. The molecule has 29 heavy (non-hydrogen) atoms. The SMILES string of the molecule is Cc1cccc(NC(=O)CSc2nccn3nc(-c4ccc(Cl)cc4)cc23)c1C. The number of halogens is 1. The summed E-state index contributed by atoms with van der Waals surface area (Å²) in [5.74, 6) is 0.201. The maximum absolute atomic E-state index is 12.4. The van der Waals surface area contributed by atoms with Crippen LogP contribution in [0.15, 0.2) is 66.0 Å². The first kappa shape index (κ1) is 19.5. The molecule has 2 aromatic heterocycles. The lowest BCUT2D eigenvalue weighted by Crippen LogP contribution is -2.15. The molecule has 0 aliphatic carbocycles. The number of hydrogen-bond acceptors (Lipinski definition) is 4. The molecule has 0 radical (unpaired) electrons. The predicted molar refractivity (Wildman–Crippen MR) is 119 cm³/mol. The van der Waals surface area contributed by atoms with E-state index in [1.165, 1.54) is 11.8 Å². The average molecular weight is 423 g/mol. The lowest BCUT2D eigenvalue weighted by molar-refractivity contribution is -0.113. The maximum atomic E-state index is 12.4. The molecule has 7 heteroatoms. The van der Waals surface area contributed by atoms with Gasteiger partial charge in [-0.1, -0.05) is 47.6 Å². The summed E-state index contributed by atoms with van der Waals surface area (Å²) in [4.78, 5) is 16.9. The number of amides is 1. The number of anilines is 1. The van der Waals surface area contributed by atoms with Gasteiger partial charge in [0.2, 0.25) is 5.91 Å². The van der Waals surface area contributed by atoms with Crippen LogP contribution in [0.25, 0.3) is 16.8 Å². The van der Waals surface area contributed by atoms with Crippen molar-refractivity contribution in [1.82, 2.24) is 14.6 Å². The minimum Gasteiger partial charge on any atom is -0.325 e. The Balaban J connectivity index is 1.51. The van der Waals surface area contributed by atoms with Gasteiger partial charge in [-0.05, 0) is 49.2 Å². The van der Waals surface area contributed by atoms with Crippen molar-refractivity contribution in [1.29, 1.82) is 0 Å². The van der Waals surface area contributed by atoms with Crippen molar-refractivity contribution in [2.45, 2.75) is 18.9 Å². The Hall–Kier alpha value is -2.83. The van der Waals surface area contributed by atoms with Crippen LogP contribution in [-0.4, -0.2) is 26.3 Å². The fourth-order valence-corrected chi connectivity index (χ4v) is 3.88. The number of aromatic nitrogens is 3. The van der Waals surface area contributed by atoms with Crippen molar-refractivity contribution in [3.05, 3.63) is 77.1 Å². The second kappa shape index (κ2) is 8.27. The van der Waals surface area contributed by atoms with E-state index in [4.69, 9.17) is 11.6 Å². The molecular formula is C22H19ClN4OS. The number of nitrogens with zero attached hydrogens (tertiary/aromatic N) is 3. The number of carbonyl (C=O) groups excluding carboxylic acids is 1.